The molecular formula is C26H25N3O4. The van der Waals surface area contributed by atoms with E-state index >= 15 is 0 Å². The predicted octanol–water partition coefficient (Wildman–Crippen LogP) is 4.06. The molecule has 1 aromatic heterocycles. The normalized spacial score (nSPS) is 12.7. The number of benzene rings is 2. The van der Waals surface area contributed by atoms with Gasteiger partial charge < -0.3 is 9.88 Å². The van der Waals surface area contributed by atoms with Crippen LogP contribution in [-0.2, 0) is 11.3 Å². The summed E-state index contributed by atoms with van der Waals surface area (Å²) < 4.78 is 1.96. The van der Waals surface area contributed by atoms with Crippen LogP contribution >= 0.6 is 0 Å². The van der Waals surface area contributed by atoms with Gasteiger partial charge in [-0.1, -0.05) is 55.8 Å². The van der Waals surface area contributed by atoms with Gasteiger partial charge in [0.15, 0.2) is 5.78 Å². The van der Waals surface area contributed by atoms with Crippen molar-refractivity contribution in [2.75, 3.05) is 11.9 Å². The van der Waals surface area contributed by atoms with E-state index in [0.29, 0.717) is 23.4 Å². The zero-order valence-corrected chi connectivity index (χ0v) is 18.6. The van der Waals surface area contributed by atoms with Gasteiger partial charge in [0.25, 0.3) is 11.8 Å². The Labute approximate surface area is 192 Å². The number of hydrogen-bond acceptors (Lipinski definition) is 4. The summed E-state index contributed by atoms with van der Waals surface area (Å²) in [7, 11) is 0. The molecular weight excluding hydrogens is 418 g/mol. The van der Waals surface area contributed by atoms with Gasteiger partial charge in [-0.2, -0.15) is 0 Å². The number of imide groups is 1. The summed E-state index contributed by atoms with van der Waals surface area (Å²) >= 11 is 0. The number of carbonyl (C=O) groups is 4. The molecule has 0 aliphatic carbocycles. The minimum Gasteiger partial charge on any atom is -0.349 e. The lowest BCUT2D eigenvalue weighted by molar-refractivity contribution is -0.116. The SMILES string of the molecule is CCCCn1cc(NC(=O)CN2C(=O)c3ccccc3C2=O)c(C(=O)c2ccccc2)c1C. The second-order valence-electron chi connectivity index (χ2n) is 8.04. The molecule has 0 bridgehead atoms. The molecule has 1 N–H and O–H groups in total. The Morgan fingerprint density at radius 2 is 1.52 bits per heavy atom. The van der Waals surface area contributed by atoms with Crippen LogP contribution in [0.4, 0.5) is 5.69 Å². The Balaban J connectivity index is 1.59. The van der Waals surface area contributed by atoms with Crippen molar-refractivity contribution in [1.29, 1.82) is 0 Å². The van der Waals surface area contributed by atoms with Crippen LogP contribution in [-0.4, -0.2) is 39.5 Å². The highest BCUT2D eigenvalue weighted by Gasteiger charge is 2.36. The summed E-state index contributed by atoms with van der Waals surface area (Å²) in [5.41, 5.74) is 2.64. The standard InChI is InChI=1S/C26H25N3O4/c1-3-4-14-28-15-21(23(17(28)2)24(31)18-10-6-5-7-11-18)27-22(30)16-29-25(32)19-12-8-9-13-20(19)26(29)33/h5-13,15H,3-4,14,16H2,1-2H3,(H,27,30). The van der Waals surface area contributed by atoms with Crippen LogP contribution in [0.1, 0.15) is 62.1 Å². The molecule has 7 nitrogen and oxygen atoms in total. The monoisotopic (exact) mass is 443 g/mol. The largest absolute Gasteiger partial charge is 0.349 e. The first-order chi connectivity index (χ1) is 15.9. The summed E-state index contributed by atoms with van der Waals surface area (Å²) in [6, 6.07) is 15.4. The molecule has 168 valence electrons. The van der Waals surface area contributed by atoms with Crippen molar-refractivity contribution in [3.63, 3.8) is 0 Å². The van der Waals surface area contributed by atoms with Crippen molar-refractivity contribution in [2.24, 2.45) is 0 Å². The van der Waals surface area contributed by atoms with E-state index in [9.17, 15) is 19.2 Å². The molecule has 3 aromatic rings. The lowest BCUT2D eigenvalue weighted by atomic mass is 10.0. The van der Waals surface area contributed by atoms with E-state index in [1.807, 2.05) is 17.6 Å². The number of nitrogens with one attached hydrogen (secondary N) is 1. The fourth-order valence-corrected chi connectivity index (χ4v) is 4.05. The number of aryl methyl sites for hydroxylation is 1. The van der Waals surface area contributed by atoms with Gasteiger partial charge in [-0.05, 0) is 25.5 Å². The van der Waals surface area contributed by atoms with Crippen molar-refractivity contribution >= 4 is 29.2 Å². The van der Waals surface area contributed by atoms with Crippen LogP contribution in [0.25, 0.3) is 0 Å². The highest BCUT2D eigenvalue weighted by atomic mass is 16.2. The van der Waals surface area contributed by atoms with Gasteiger partial charge in [-0.25, -0.2) is 0 Å². The maximum Gasteiger partial charge on any atom is 0.262 e. The smallest absolute Gasteiger partial charge is 0.262 e. The number of unbranched alkanes of at least 4 members (excludes halogenated alkanes) is 1. The van der Waals surface area contributed by atoms with Crippen molar-refractivity contribution in [3.05, 3.63) is 88.7 Å². The lowest BCUT2D eigenvalue weighted by Gasteiger charge is -2.14. The second kappa shape index (κ2) is 9.24. The molecule has 0 saturated heterocycles. The van der Waals surface area contributed by atoms with Crippen LogP contribution in [0.3, 0.4) is 0 Å². The summed E-state index contributed by atoms with van der Waals surface area (Å²) in [6.07, 6.45) is 3.67. The zero-order valence-electron chi connectivity index (χ0n) is 18.6. The maximum atomic E-state index is 13.3. The van der Waals surface area contributed by atoms with Crippen molar-refractivity contribution in [3.8, 4) is 0 Å². The number of anilines is 1. The Bertz CT molecular complexity index is 1210. The number of aromatic nitrogens is 1. The fourth-order valence-electron chi connectivity index (χ4n) is 4.05. The summed E-state index contributed by atoms with van der Waals surface area (Å²) in [5, 5.41) is 2.77. The van der Waals surface area contributed by atoms with Crippen LogP contribution < -0.4 is 5.32 Å². The third-order valence-electron chi connectivity index (χ3n) is 5.82. The third kappa shape index (κ3) is 4.22. The molecule has 0 saturated carbocycles. The molecule has 3 amide bonds. The first kappa shape index (κ1) is 22.2. The van der Waals surface area contributed by atoms with Gasteiger partial charge >= 0.3 is 0 Å². The number of ketones is 1. The Morgan fingerprint density at radius 1 is 0.909 bits per heavy atom. The van der Waals surface area contributed by atoms with Crippen molar-refractivity contribution in [1.82, 2.24) is 9.47 Å². The number of amides is 3. The van der Waals surface area contributed by atoms with E-state index in [1.165, 1.54) is 0 Å². The van der Waals surface area contributed by atoms with Gasteiger partial charge in [0, 0.05) is 24.0 Å². The molecule has 2 aromatic carbocycles. The predicted molar refractivity (Wildman–Crippen MR) is 124 cm³/mol. The van der Waals surface area contributed by atoms with Crippen LogP contribution in [0.15, 0.2) is 60.8 Å². The Morgan fingerprint density at radius 3 is 2.12 bits per heavy atom. The zero-order chi connectivity index (χ0) is 23.5. The first-order valence-corrected chi connectivity index (χ1v) is 11.0. The summed E-state index contributed by atoms with van der Waals surface area (Å²) in [5.74, 6) is -1.73. The molecule has 7 heteroatoms. The molecule has 4 rings (SSSR count). The Kier molecular flexibility index (Phi) is 6.22. The molecule has 0 radical (unpaired) electrons. The summed E-state index contributed by atoms with van der Waals surface area (Å²) in [4.78, 5) is 52.3. The number of fused-ring (bicyclic) bond motifs is 1. The van der Waals surface area contributed by atoms with Gasteiger partial charge in [-0.3, -0.25) is 24.1 Å². The van der Waals surface area contributed by atoms with Crippen LogP contribution in [0.5, 0.6) is 0 Å². The van der Waals surface area contributed by atoms with Crippen LogP contribution in [0.2, 0.25) is 0 Å². The molecule has 0 fully saturated rings. The van der Waals surface area contributed by atoms with Gasteiger partial charge in [0.1, 0.15) is 6.54 Å². The van der Waals surface area contributed by atoms with E-state index in [1.54, 1.807) is 54.7 Å². The number of nitrogens with zero attached hydrogens (tertiary/aromatic N) is 2. The minimum atomic E-state index is -0.542. The van der Waals surface area contributed by atoms with Gasteiger partial charge in [0.05, 0.1) is 22.4 Å². The third-order valence-corrected chi connectivity index (χ3v) is 5.82. The molecule has 33 heavy (non-hydrogen) atoms. The number of hydrogen-bond donors (Lipinski definition) is 1. The van der Waals surface area contributed by atoms with Crippen molar-refractivity contribution in [2.45, 2.75) is 33.2 Å². The molecule has 1 aliphatic heterocycles. The van der Waals surface area contributed by atoms with Crippen LogP contribution in [0, 0.1) is 6.92 Å². The molecule has 2 heterocycles. The second-order valence-corrected chi connectivity index (χ2v) is 8.04. The molecule has 0 atom stereocenters. The van der Waals surface area contributed by atoms with Crippen molar-refractivity contribution < 1.29 is 19.2 Å². The molecule has 0 spiro atoms. The maximum absolute atomic E-state index is 13.3. The lowest BCUT2D eigenvalue weighted by Crippen LogP contribution is -2.37. The minimum absolute atomic E-state index is 0.195. The summed E-state index contributed by atoms with van der Waals surface area (Å²) in [6.45, 7) is 4.22. The number of rotatable bonds is 8. The van der Waals surface area contributed by atoms with Gasteiger partial charge in [0.2, 0.25) is 5.91 Å². The highest BCUT2D eigenvalue weighted by molar-refractivity contribution is 6.23. The van der Waals surface area contributed by atoms with E-state index in [2.05, 4.69) is 12.2 Å². The molecule has 0 unspecified atom stereocenters. The highest BCUT2D eigenvalue weighted by Crippen LogP contribution is 2.27. The Hall–Kier alpha value is -4.00. The topological polar surface area (TPSA) is 88.5 Å². The van der Waals surface area contributed by atoms with E-state index in [0.717, 1.165) is 23.4 Å². The average Bonchev–Trinajstić information content (AvgIpc) is 3.26. The molecule has 1 aliphatic rings. The first-order valence-electron chi connectivity index (χ1n) is 11.0. The quantitative estimate of drug-likeness (QED) is 0.420. The van der Waals surface area contributed by atoms with Gasteiger partial charge in [-0.15, -0.1) is 0 Å². The fraction of sp³-hybridized carbons (Fsp3) is 0.231. The van der Waals surface area contributed by atoms with E-state index in [-0.39, 0.29) is 16.9 Å². The van der Waals surface area contributed by atoms with E-state index in [4.69, 9.17) is 0 Å². The average molecular weight is 444 g/mol. The number of carbonyl (C=O) groups excluding carboxylic acids is 4. The van der Waals surface area contributed by atoms with E-state index < -0.39 is 24.3 Å².